The summed E-state index contributed by atoms with van der Waals surface area (Å²) < 4.78 is 0. The molecule has 0 radical (unpaired) electrons. The van der Waals surface area contributed by atoms with Gasteiger partial charge in [0.05, 0.1) is 0 Å². The highest BCUT2D eigenvalue weighted by molar-refractivity contribution is 7.99. The largest absolute Gasteiger partial charge is 0.398 e. The molecule has 0 fully saturated rings. The SMILES string of the molecule is CCNC(=O)c1ccc(Sc2ccccc2N)nn1. The standard InChI is InChI=1S/C13H14N4OS/c1-2-15-13(18)10-7-8-12(17-16-10)19-11-6-4-3-5-9(11)14/h3-8H,2,14H2,1H3,(H,15,18). The minimum Gasteiger partial charge on any atom is -0.398 e. The van der Waals surface area contributed by atoms with Crippen LogP contribution in [0.2, 0.25) is 0 Å². The lowest BCUT2D eigenvalue weighted by atomic mass is 10.3. The lowest BCUT2D eigenvalue weighted by Crippen LogP contribution is -2.23. The molecule has 98 valence electrons. The molecule has 0 atom stereocenters. The number of carbonyl (C=O) groups excluding carboxylic acids is 1. The van der Waals surface area contributed by atoms with E-state index in [9.17, 15) is 4.79 Å². The highest BCUT2D eigenvalue weighted by atomic mass is 32.2. The summed E-state index contributed by atoms with van der Waals surface area (Å²) in [4.78, 5) is 12.4. The molecule has 0 spiro atoms. The van der Waals surface area contributed by atoms with Gasteiger partial charge in [-0.3, -0.25) is 4.79 Å². The molecule has 1 heterocycles. The van der Waals surface area contributed by atoms with Crippen LogP contribution in [0, 0.1) is 0 Å². The van der Waals surface area contributed by atoms with Crippen LogP contribution < -0.4 is 11.1 Å². The summed E-state index contributed by atoms with van der Waals surface area (Å²) in [5.41, 5.74) is 6.86. The molecule has 5 nitrogen and oxygen atoms in total. The molecule has 0 aliphatic rings. The smallest absolute Gasteiger partial charge is 0.271 e. The Bertz CT molecular complexity index is 571. The van der Waals surface area contributed by atoms with Crippen molar-refractivity contribution in [2.24, 2.45) is 0 Å². The van der Waals surface area contributed by atoms with Crippen LogP contribution in [0.1, 0.15) is 17.4 Å². The summed E-state index contributed by atoms with van der Waals surface area (Å²) in [6.07, 6.45) is 0. The van der Waals surface area contributed by atoms with Gasteiger partial charge in [-0.2, -0.15) is 0 Å². The molecule has 6 heteroatoms. The van der Waals surface area contributed by atoms with Crippen LogP contribution in [0.4, 0.5) is 5.69 Å². The monoisotopic (exact) mass is 274 g/mol. The highest BCUT2D eigenvalue weighted by Gasteiger charge is 2.08. The molecule has 0 saturated heterocycles. The summed E-state index contributed by atoms with van der Waals surface area (Å²) in [5, 5.41) is 11.3. The van der Waals surface area contributed by atoms with Crippen LogP contribution in [0.3, 0.4) is 0 Å². The van der Waals surface area contributed by atoms with Gasteiger partial charge in [0.25, 0.3) is 5.91 Å². The molecular formula is C13H14N4OS. The zero-order valence-electron chi connectivity index (χ0n) is 10.5. The Morgan fingerprint density at radius 1 is 1.26 bits per heavy atom. The normalized spacial score (nSPS) is 10.2. The number of benzene rings is 1. The van der Waals surface area contributed by atoms with Crippen molar-refractivity contribution in [3.8, 4) is 0 Å². The number of aromatic nitrogens is 2. The second-order valence-corrected chi connectivity index (χ2v) is 4.82. The molecule has 2 aromatic rings. The number of nitrogens with two attached hydrogens (primary N) is 1. The zero-order valence-corrected chi connectivity index (χ0v) is 11.3. The Kier molecular flexibility index (Phi) is 4.35. The van der Waals surface area contributed by atoms with Crippen LogP contribution >= 0.6 is 11.8 Å². The van der Waals surface area contributed by atoms with E-state index in [0.29, 0.717) is 23.0 Å². The average molecular weight is 274 g/mol. The zero-order chi connectivity index (χ0) is 13.7. The maximum atomic E-state index is 11.5. The third kappa shape index (κ3) is 3.45. The van der Waals surface area contributed by atoms with E-state index < -0.39 is 0 Å². The van der Waals surface area contributed by atoms with Crippen LogP contribution in [0.15, 0.2) is 46.3 Å². The molecule has 1 amide bonds. The molecule has 0 aliphatic carbocycles. The van der Waals surface area contributed by atoms with Gasteiger partial charge < -0.3 is 11.1 Å². The minimum absolute atomic E-state index is 0.217. The summed E-state index contributed by atoms with van der Waals surface area (Å²) in [7, 11) is 0. The van der Waals surface area contributed by atoms with Crippen molar-refractivity contribution in [2.75, 3.05) is 12.3 Å². The van der Waals surface area contributed by atoms with E-state index in [1.54, 1.807) is 12.1 Å². The lowest BCUT2D eigenvalue weighted by Gasteiger charge is -2.04. The second kappa shape index (κ2) is 6.19. The maximum absolute atomic E-state index is 11.5. The number of hydrogen-bond acceptors (Lipinski definition) is 5. The first-order valence-electron chi connectivity index (χ1n) is 5.85. The van der Waals surface area contributed by atoms with Crippen molar-refractivity contribution in [1.82, 2.24) is 15.5 Å². The van der Waals surface area contributed by atoms with Crippen LogP contribution in [-0.2, 0) is 0 Å². The van der Waals surface area contributed by atoms with E-state index >= 15 is 0 Å². The van der Waals surface area contributed by atoms with Crippen LogP contribution in [-0.4, -0.2) is 22.6 Å². The summed E-state index contributed by atoms with van der Waals surface area (Å²) in [6, 6.07) is 10.9. The van der Waals surface area contributed by atoms with Crippen molar-refractivity contribution >= 4 is 23.4 Å². The molecule has 0 unspecified atom stereocenters. The fourth-order valence-corrected chi connectivity index (χ4v) is 2.21. The first kappa shape index (κ1) is 13.4. The Hall–Kier alpha value is -2.08. The molecule has 0 saturated carbocycles. The molecular weight excluding hydrogens is 260 g/mol. The Balaban J connectivity index is 2.11. The topological polar surface area (TPSA) is 80.9 Å². The summed E-state index contributed by atoms with van der Waals surface area (Å²) in [6.45, 7) is 2.42. The fourth-order valence-electron chi connectivity index (χ4n) is 1.43. The van der Waals surface area contributed by atoms with E-state index in [0.717, 1.165) is 4.90 Å². The predicted molar refractivity (Wildman–Crippen MR) is 75.0 cm³/mol. The fraction of sp³-hybridized carbons (Fsp3) is 0.154. The minimum atomic E-state index is -0.217. The third-order valence-electron chi connectivity index (χ3n) is 2.34. The van der Waals surface area contributed by atoms with Crippen molar-refractivity contribution in [1.29, 1.82) is 0 Å². The van der Waals surface area contributed by atoms with E-state index in [1.807, 2.05) is 31.2 Å². The van der Waals surface area contributed by atoms with E-state index in [1.165, 1.54) is 11.8 Å². The molecule has 1 aromatic carbocycles. The summed E-state index contributed by atoms with van der Waals surface area (Å²) >= 11 is 1.42. The van der Waals surface area contributed by atoms with Gasteiger partial charge >= 0.3 is 0 Å². The van der Waals surface area contributed by atoms with Crippen molar-refractivity contribution in [3.05, 3.63) is 42.1 Å². The van der Waals surface area contributed by atoms with Gasteiger partial charge in [-0.25, -0.2) is 0 Å². The van der Waals surface area contributed by atoms with E-state index in [4.69, 9.17) is 5.73 Å². The molecule has 19 heavy (non-hydrogen) atoms. The molecule has 2 rings (SSSR count). The number of rotatable bonds is 4. The Morgan fingerprint density at radius 3 is 2.68 bits per heavy atom. The van der Waals surface area contributed by atoms with Crippen molar-refractivity contribution in [2.45, 2.75) is 16.8 Å². The quantitative estimate of drug-likeness (QED) is 0.833. The van der Waals surface area contributed by atoms with Gasteiger partial charge in [0.2, 0.25) is 0 Å². The van der Waals surface area contributed by atoms with E-state index in [-0.39, 0.29) is 5.91 Å². The van der Waals surface area contributed by atoms with Gasteiger partial charge in [0, 0.05) is 17.1 Å². The number of nitrogens with zero attached hydrogens (tertiary/aromatic N) is 2. The number of nitrogen functional groups attached to an aromatic ring is 1. The van der Waals surface area contributed by atoms with Gasteiger partial charge in [-0.1, -0.05) is 23.9 Å². The van der Waals surface area contributed by atoms with Gasteiger partial charge in [0.1, 0.15) is 5.03 Å². The predicted octanol–water partition coefficient (Wildman–Crippen LogP) is 1.96. The van der Waals surface area contributed by atoms with Gasteiger partial charge in [0.15, 0.2) is 5.69 Å². The third-order valence-corrected chi connectivity index (χ3v) is 3.36. The first-order valence-corrected chi connectivity index (χ1v) is 6.66. The molecule has 3 N–H and O–H groups in total. The van der Waals surface area contributed by atoms with Crippen LogP contribution in [0.25, 0.3) is 0 Å². The summed E-state index contributed by atoms with van der Waals surface area (Å²) in [5.74, 6) is -0.217. The lowest BCUT2D eigenvalue weighted by molar-refractivity contribution is 0.0949. The van der Waals surface area contributed by atoms with Gasteiger partial charge in [-0.15, -0.1) is 10.2 Å². The first-order chi connectivity index (χ1) is 9.20. The number of carbonyl (C=O) groups is 1. The number of anilines is 1. The number of nitrogens with one attached hydrogen (secondary N) is 1. The van der Waals surface area contributed by atoms with Gasteiger partial charge in [-0.05, 0) is 31.2 Å². The highest BCUT2D eigenvalue weighted by Crippen LogP contribution is 2.29. The number of para-hydroxylation sites is 1. The maximum Gasteiger partial charge on any atom is 0.271 e. The number of amides is 1. The average Bonchev–Trinajstić information content (AvgIpc) is 2.42. The van der Waals surface area contributed by atoms with E-state index in [2.05, 4.69) is 15.5 Å². The van der Waals surface area contributed by atoms with Crippen molar-refractivity contribution in [3.63, 3.8) is 0 Å². The van der Waals surface area contributed by atoms with Crippen LogP contribution in [0.5, 0.6) is 0 Å². The Labute approximate surface area is 115 Å². The molecule has 0 bridgehead atoms. The van der Waals surface area contributed by atoms with Crippen molar-refractivity contribution < 1.29 is 4.79 Å². The molecule has 1 aromatic heterocycles. The second-order valence-electron chi connectivity index (χ2n) is 3.76. The Morgan fingerprint density at radius 2 is 2.05 bits per heavy atom. The molecule has 0 aliphatic heterocycles. The number of hydrogen-bond donors (Lipinski definition) is 2.